The van der Waals surface area contributed by atoms with E-state index < -0.39 is 0 Å². The van der Waals surface area contributed by atoms with Crippen LogP contribution in [0.5, 0.6) is 0 Å². The molecular formula is C11H22N2. The van der Waals surface area contributed by atoms with Crippen molar-refractivity contribution in [1.29, 1.82) is 0 Å². The molecule has 1 aliphatic heterocycles. The van der Waals surface area contributed by atoms with Crippen LogP contribution in [0.15, 0.2) is 0 Å². The molecule has 2 rings (SSSR count). The molecule has 0 radical (unpaired) electrons. The molecule has 0 spiro atoms. The summed E-state index contributed by atoms with van der Waals surface area (Å²) in [6.45, 7) is 8.65. The third kappa shape index (κ3) is 2.96. The third-order valence-electron chi connectivity index (χ3n) is 3.27. The minimum absolute atomic E-state index is 0.929. The lowest BCUT2D eigenvalue weighted by molar-refractivity contribution is 0.309. The van der Waals surface area contributed by atoms with Gasteiger partial charge in [0, 0.05) is 13.1 Å². The molecule has 0 bridgehead atoms. The first-order chi connectivity index (χ1) is 6.38. The van der Waals surface area contributed by atoms with Crippen LogP contribution in [0.25, 0.3) is 0 Å². The van der Waals surface area contributed by atoms with E-state index in [-0.39, 0.29) is 0 Å². The van der Waals surface area contributed by atoms with Crippen LogP contribution in [0.4, 0.5) is 0 Å². The highest BCUT2D eigenvalue weighted by atomic mass is 15.2. The van der Waals surface area contributed by atoms with Gasteiger partial charge in [0.15, 0.2) is 0 Å². The average molecular weight is 182 g/mol. The van der Waals surface area contributed by atoms with Crippen LogP contribution in [-0.2, 0) is 0 Å². The summed E-state index contributed by atoms with van der Waals surface area (Å²) in [7, 11) is 0. The fourth-order valence-electron chi connectivity index (χ4n) is 2.26. The molecule has 2 fully saturated rings. The Morgan fingerprint density at radius 2 is 2.08 bits per heavy atom. The molecule has 0 amide bonds. The lowest BCUT2D eigenvalue weighted by atomic mass is 10.1. The van der Waals surface area contributed by atoms with Crippen molar-refractivity contribution in [2.24, 2.45) is 11.8 Å². The summed E-state index contributed by atoms with van der Waals surface area (Å²) in [6, 6.07) is 0. The summed E-state index contributed by atoms with van der Waals surface area (Å²) in [5.41, 5.74) is 0. The number of nitrogens with one attached hydrogen (secondary N) is 1. The molecule has 2 heteroatoms. The highest BCUT2D eigenvalue weighted by Crippen LogP contribution is 2.31. The first-order valence-corrected chi connectivity index (χ1v) is 5.81. The molecule has 0 aromatic rings. The van der Waals surface area contributed by atoms with E-state index in [4.69, 9.17) is 0 Å². The Hall–Kier alpha value is -0.0800. The molecule has 0 aromatic carbocycles. The second kappa shape index (κ2) is 4.43. The van der Waals surface area contributed by atoms with Gasteiger partial charge in [0.05, 0.1) is 0 Å². The van der Waals surface area contributed by atoms with Gasteiger partial charge in [-0.25, -0.2) is 0 Å². The van der Waals surface area contributed by atoms with E-state index in [9.17, 15) is 0 Å². The first-order valence-electron chi connectivity index (χ1n) is 5.81. The average Bonchev–Trinajstić information content (AvgIpc) is 2.81. The summed E-state index contributed by atoms with van der Waals surface area (Å²) in [4.78, 5) is 2.67. The minimum atomic E-state index is 0.929. The number of hydrogen-bond donors (Lipinski definition) is 1. The SMILES string of the molecule is CCNCC1CCN(CC2CC2)C1. The summed E-state index contributed by atoms with van der Waals surface area (Å²) in [6.07, 6.45) is 4.41. The molecule has 1 aliphatic carbocycles. The normalized spacial score (nSPS) is 29.8. The van der Waals surface area contributed by atoms with Crippen LogP contribution < -0.4 is 5.32 Å². The maximum absolute atomic E-state index is 3.45. The molecule has 1 unspecified atom stereocenters. The standard InChI is InChI=1S/C11H22N2/c1-2-12-7-11-5-6-13(9-11)8-10-3-4-10/h10-12H,2-9H2,1H3. The molecule has 76 valence electrons. The van der Waals surface area contributed by atoms with Crippen LogP contribution in [0, 0.1) is 11.8 Å². The molecule has 13 heavy (non-hydrogen) atoms. The summed E-state index contributed by atoms with van der Waals surface area (Å²) in [5, 5.41) is 3.45. The van der Waals surface area contributed by atoms with Crippen molar-refractivity contribution in [2.45, 2.75) is 26.2 Å². The topological polar surface area (TPSA) is 15.3 Å². The van der Waals surface area contributed by atoms with E-state index in [0.29, 0.717) is 0 Å². The molecule has 2 nitrogen and oxygen atoms in total. The fourth-order valence-corrected chi connectivity index (χ4v) is 2.26. The van der Waals surface area contributed by atoms with Crippen molar-refractivity contribution in [3.63, 3.8) is 0 Å². The second-order valence-electron chi connectivity index (χ2n) is 4.67. The van der Waals surface area contributed by atoms with Gasteiger partial charge >= 0.3 is 0 Å². The van der Waals surface area contributed by atoms with Crippen LogP contribution in [0.3, 0.4) is 0 Å². The van der Waals surface area contributed by atoms with E-state index >= 15 is 0 Å². The Balaban J connectivity index is 1.61. The van der Waals surface area contributed by atoms with E-state index in [1.807, 2.05) is 0 Å². The molecule has 1 saturated heterocycles. The molecule has 1 heterocycles. The van der Waals surface area contributed by atoms with E-state index in [2.05, 4.69) is 17.1 Å². The molecule has 1 saturated carbocycles. The zero-order valence-corrected chi connectivity index (χ0v) is 8.76. The Morgan fingerprint density at radius 3 is 2.77 bits per heavy atom. The zero-order chi connectivity index (χ0) is 9.10. The van der Waals surface area contributed by atoms with Crippen molar-refractivity contribution in [3.05, 3.63) is 0 Å². The van der Waals surface area contributed by atoms with E-state index in [0.717, 1.165) is 18.4 Å². The highest BCUT2D eigenvalue weighted by Gasteiger charge is 2.28. The Kier molecular flexibility index (Phi) is 3.23. The highest BCUT2D eigenvalue weighted by molar-refractivity contribution is 4.83. The lowest BCUT2D eigenvalue weighted by Gasteiger charge is -2.15. The van der Waals surface area contributed by atoms with Gasteiger partial charge in [-0.1, -0.05) is 6.92 Å². The monoisotopic (exact) mass is 182 g/mol. The third-order valence-corrected chi connectivity index (χ3v) is 3.27. The van der Waals surface area contributed by atoms with Gasteiger partial charge in [-0.15, -0.1) is 0 Å². The van der Waals surface area contributed by atoms with Gasteiger partial charge in [-0.2, -0.15) is 0 Å². The number of rotatable bonds is 5. The quantitative estimate of drug-likeness (QED) is 0.690. The molecule has 0 aromatic heterocycles. The van der Waals surface area contributed by atoms with Gasteiger partial charge in [-0.3, -0.25) is 0 Å². The molecule has 1 atom stereocenters. The van der Waals surface area contributed by atoms with Gasteiger partial charge in [0.25, 0.3) is 0 Å². The van der Waals surface area contributed by atoms with E-state index in [1.54, 1.807) is 0 Å². The van der Waals surface area contributed by atoms with Gasteiger partial charge < -0.3 is 10.2 Å². The Labute approximate surface area is 81.7 Å². The second-order valence-corrected chi connectivity index (χ2v) is 4.67. The summed E-state index contributed by atoms with van der Waals surface area (Å²) >= 11 is 0. The van der Waals surface area contributed by atoms with E-state index in [1.165, 1.54) is 45.4 Å². The van der Waals surface area contributed by atoms with Gasteiger partial charge in [-0.05, 0) is 50.7 Å². The first kappa shape index (κ1) is 9.47. The minimum Gasteiger partial charge on any atom is -0.317 e. The predicted molar refractivity (Wildman–Crippen MR) is 55.8 cm³/mol. The zero-order valence-electron chi connectivity index (χ0n) is 8.76. The number of likely N-dealkylation sites (tertiary alicyclic amines) is 1. The summed E-state index contributed by atoms with van der Waals surface area (Å²) < 4.78 is 0. The van der Waals surface area contributed by atoms with Crippen molar-refractivity contribution < 1.29 is 0 Å². The maximum atomic E-state index is 3.45. The van der Waals surface area contributed by atoms with Crippen molar-refractivity contribution >= 4 is 0 Å². The van der Waals surface area contributed by atoms with Crippen LogP contribution in [0.2, 0.25) is 0 Å². The number of hydrogen-bond acceptors (Lipinski definition) is 2. The Bertz CT molecular complexity index is 154. The molecular weight excluding hydrogens is 160 g/mol. The van der Waals surface area contributed by atoms with Crippen LogP contribution in [-0.4, -0.2) is 37.6 Å². The predicted octanol–water partition coefficient (Wildman–Crippen LogP) is 1.33. The van der Waals surface area contributed by atoms with Crippen molar-refractivity contribution in [3.8, 4) is 0 Å². The lowest BCUT2D eigenvalue weighted by Crippen LogP contribution is -2.27. The number of nitrogens with zero attached hydrogens (tertiary/aromatic N) is 1. The summed E-state index contributed by atoms with van der Waals surface area (Å²) in [5.74, 6) is 2.00. The molecule has 2 aliphatic rings. The van der Waals surface area contributed by atoms with Crippen LogP contribution in [0.1, 0.15) is 26.2 Å². The van der Waals surface area contributed by atoms with Gasteiger partial charge in [0.2, 0.25) is 0 Å². The largest absolute Gasteiger partial charge is 0.317 e. The van der Waals surface area contributed by atoms with Crippen molar-refractivity contribution in [2.75, 3.05) is 32.7 Å². The fraction of sp³-hybridized carbons (Fsp3) is 1.00. The maximum Gasteiger partial charge on any atom is 0.00224 e. The van der Waals surface area contributed by atoms with Gasteiger partial charge in [0.1, 0.15) is 0 Å². The smallest absolute Gasteiger partial charge is 0.00224 e. The van der Waals surface area contributed by atoms with Crippen LogP contribution >= 0.6 is 0 Å². The molecule has 1 N–H and O–H groups in total. The van der Waals surface area contributed by atoms with Crippen molar-refractivity contribution in [1.82, 2.24) is 10.2 Å². The Morgan fingerprint density at radius 1 is 1.23 bits per heavy atom.